The van der Waals surface area contributed by atoms with Gasteiger partial charge >= 0.3 is 0 Å². The minimum Gasteiger partial charge on any atom is -0.367 e. The zero-order valence-electron chi connectivity index (χ0n) is 18.5. The molecule has 3 fully saturated rings. The lowest BCUT2D eigenvalue weighted by Crippen LogP contribution is -2.43. The maximum Gasteiger partial charge on any atom is 0.227 e. The van der Waals surface area contributed by atoms with Gasteiger partial charge in [0.2, 0.25) is 5.95 Å². The van der Waals surface area contributed by atoms with Gasteiger partial charge in [-0.15, -0.1) is 0 Å². The molecule has 0 bridgehead atoms. The zero-order valence-corrected chi connectivity index (χ0v) is 18.5. The van der Waals surface area contributed by atoms with E-state index in [0.717, 1.165) is 40.7 Å². The van der Waals surface area contributed by atoms with Crippen LogP contribution in [0.4, 0.5) is 5.95 Å². The van der Waals surface area contributed by atoms with Crippen molar-refractivity contribution in [2.75, 3.05) is 18.0 Å². The molecule has 2 saturated carbocycles. The molecule has 2 aliphatic carbocycles. The van der Waals surface area contributed by atoms with E-state index in [1.807, 2.05) is 20.0 Å². The predicted octanol–water partition coefficient (Wildman–Crippen LogP) is 3.80. The fourth-order valence-electron chi connectivity index (χ4n) is 4.59. The van der Waals surface area contributed by atoms with E-state index in [4.69, 9.17) is 24.7 Å². The van der Waals surface area contributed by atoms with Gasteiger partial charge in [0, 0.05) is 24.2 Å². The summed E-state index contributed by atoms with van der Waals surface area (Å²) in [7, 11) is 0. The summed E-state index contributed by atoms with van der Waals surface area (Å²) in [5, 5.41) is 4.56. The minimum absolute atomic E-state index is 0.0338. The van der Waals surface area contributed by atoms with Gasteiger partial charge in [0.15, 0.2) is 5.65 Å². The molecule has 0 spiro atoms. The van der Waals surface area contributed by atoms with Gasteiger partial charge < -0.3 is 9.64 Å². The highest BCUT2D eigenvalue weighted by Crippen LogP contribution is 2.39. The fourth-order valence-corrected chi connectivity index (χ4v) is 4.59. The van der Waals surface area contributed by atoms with Gasteiger partial charge in [-0.1, -0.05) is 6.42 Å². The van der Waals surface area contributed by atoms with Gasteiger partial charge in [0.1, 0.15) is 11.6 Å². The predicted molar refractivity (Wildman–Crippen MR) is 117 cm³/mol. The van der Waals surface area contributed by atoms with Gasteiger partial charge in [0.25, 0.3) is 0 Å². The first-order valence-corrected chi connectivity index (χ1v) is 11.5. The van der Waals surface area contributed by atoms with Crippen LogP contribution in [0.2, 0.25) is 0 Å². The second-order valence-electron chi connectivity index (χ2n) is 9.43. The molecule has 1 saturated heterocycles. The van der Waals surface area contributed by atoms with Crippen LogP contribution in [-0.2, 0) is 4.74 Å². The van der Waals surface area contributed by atoms with Crippen LogP contribution in [0, 0.1) is 13.8 Å². The number of ether oxygens (including phenoxy) is 1. The number of hydrogen-bond donors (Lipinski definition) is 0. The highest BCUT2D eigenvalue weighted by Gasteiger charge is 2.32. The van der Waals surface area contributed by atoms with Crippen molar-refractivity contribution in [1.29, 1.82) is 0 Å². The van der Waals surface area contributed by atoms with E-state index >= 15 is 0 Å². The van der Waals surface area contributed by atoms with Crippen molar-refractivity contribution < 1.29 is 4.74 Å². The van der Waals surface area contributed by atoms with Crippen molar-refractivity contribution in [1.82, 2.24) is 29.7 Å². The lowest BCUT2D eigenvalue weighted by atomic mass is 9.82. The van der Waals surface area contributed by atoms with Crippen LogP contribution in [0.5, 0.6) is 0 Å². The van der Waals surface area contributed by atoms with E-state index in [1.165, 1.54) is 32.1 Å². The first-order chi connectivity index (χ1) is 15.0. The molecule has 4 heterocycles. The topological polar surface area (TPSA) is 81.9 Å². The van der Waals surface area contributed by atoms with Crippen LogP contribution in [0.25, 0.3) is 11.2 Å². The van der Waals surface area contributed by atoms with Gasteiger partial charge in [0.05, 0.1) is 42.0 Å². The molecule has 0 N–H and O–H groups in total. The second kappa shape index (κ2) is 7.22. The van der Waals surface area contributed by atoms with Crippen LogP contribution >= 0.6 is 0 Å². The monoisotopic (exact) mass is 419 g/mol. The molecular weight excluding hydrogens is 390 g/mol. The highest BCUT2D eigenvalue weighted by atomic mass is 16.5. The van der Waals surface area contributed by atoms with Crippen LogP contribution < -0.4 is 4.90 Å². The molecule has 0 amide bonds. The van der Waals surface area contributed by atoms with E-state index in [0.29, 0.717) is 24.2 Å². The number of aromatic nitrogens is 6. The normalized spacial score (nSPS) is 24.5. The Hall–Kier alpha value is -2.61. The molecule has 31 heavy (non-hydrogen) atoms. The lowest BCUT2D eigenvalue weighted by Gasteiger charge is -2.37. The van der Waals surface area contributed by atoms with Crippen molar-refractivity contribution in [3.63, 3.8) is 0 Å². The maximum absolute atomic E-state index is 6.29. The van der Waals surface area contributed by atoms with Gasteiger partial charge in [-0.25, -0.2) is 15.0 Å². The molecule has 0 radical (unpaired) electrons. The average molecular weight is 420 g/mol. The smallest absolute Gasteiger partial charge is 0.227 e. The summed E-state index contributed by atoms with van der Waals surface area (Å²) >= 11 is 0. The molecular formula is C23H29N7O. The Bertz CT molecular complexity index is 1130. The Kier molecular flexibility index (Phi) is 4.45. The van der Waals surface area contributed by atoms with E-state index in [1.54, 1.807) is 0 Å². The molecule has 1 aliphatic heterocycles. The van der Waals surface area contributed by atoms with Crippen LogP contribution in [-0.4, -0.2) is 48.9 Å². The van der Waals surface area contributed by atoms with E-state index < -0.39 is 0 Å². The van der Waals surface area contributed by atoms with Crippen LogP contribution in [0.3, 0.4) is 0 Å². The van der Waals surface area contributed by atoms with E-state index in [9.17, 15) is 0 Å². The van der Waals surface area contributed by atoms with Crippen LogP contribution in [0.15, 0.2) is 12.4 Å². The summed E-state index contributed by atoms with van der Waals surface area (Å²) in [6.45, 7) is 7.61. The Balaban J connectivity index is 1.36. The number of anilines is 1. The average Bonchev–Trinajstić information content (AvgIpc) is 3.44. The number of fused-ring (bicyclic) bond motifs is 1. The van der Waals surface area contributed by atoms with Crippen molar-refractivity contribution >= 4 is 17.1 Å². The number of hydrogen-bond acceptors (Lipinski definition) is 7. The number of nitrogens with zero attached hydrogens (tertiary/aromatic N) is 7. The zero-order chi connectivity index (χ0) is 21.1. The first-order valence-electron chi connectivity index (χ1n) is 11.5. The summed E-state index contributed by atoms with van der Waals surface area (Å²) in [6, 6.07) is 0.574. The molecule has 6 rings (SSSR count). The Morgan fingerprint density at radius 1 is 0.968 bits per heavy atom. The van der Waals surface area contributed by atoms with E-state index in [-0.39, 0.29) is 12.2 Å². The number of rotatable bonds is 4. The SMILES string of the molecule is Cc1nc2nc(N3C[C@@H](C)O[C@H](c4cnn(C5CC5)c4)C3)nc(C3CCC3)c2nc1C. The number of aryl methyl sites for hydroxylation is 2. The molecule has 8 nitrogen and oxygen atoms in total. The Morgan fingerprint density at radius 2 is 1.77 bits per heavy atom. The van der Waals surface area contributed by atoms with Gasteiger partial charge in [-0.3, -0.25) is 4.68 Å². The standard InChI is InChI=1S/C23H29N7O/c1-13-10-29(12-19(31-13)17-9-24-30(11-17)18-7-8-18)23-27-20(16-5-4-6-16)21-22(28-23)26-15(3)14(2)25-21/h9,11,13,16,18-19H,4-8,10,12H2,1-3H3/t13-,19+/m1/s1. The van der Waals surface area contributed by atoms with Gasteiger partial charge in [-0.2, -0.15) is 10.1 Å². The molecule has 3 aromatic rings. The summed E-state index contributed by atoms with van der Waals surface area (Å²) in [4.78, 5) is 21.8. The molecule has 162 valence electrons. The van der Waals surface area contributed by atoms with E-state index in [2.05, 4.69) is 27.8 Å². The van der Waals surface area contributed by atoms with Crippen molar-refractivity contribution in [3.8, 4) is 0 Å². The third kappa shape index (κ3) is 3.46. The van der Waals surface area contributed by atoms with Crippen LogP contribution in [0.1, 0.15) is 79.7 Å². The maximum atomic E-state index is 6.29. The molecule has 3 aliphatic rings. The third-order valence-corrected chi connectivity index (χ3v) is 6.91. The summed E-state index contributed by atoms with van der Waals surface area (Å²) < 4.78 is 8.38. The lowest BCUT2D eigenvalue weighted by molar-refractivity contribution is -0.0179. The fraction of sp³-hybridized carbons (Fsp3) is 0.609. The quantitative estimate of drug-likeness (QED) is 0.636. The molecule has 3 aromatic heterocycles. The molecule has 0 aromatic carbocycles. The third-order valence-electron chi connectivity index (χ3n) is 6.91. The van der Waals surface area contributed by atoms with Crippen molar-refractivity contribution in [3.05, 3.63) is 35.0 Å². The first kappa shape index (κ1) is 19.1. The summed E-state index contributed by atoms with van der Waals surface area (Å²) in [5.74, 6) is 1.22. The van der Waals surface area contributed by atoms with Crippen molar-refractivity contribution in [2.45, 2.75) is 77.0 Å². The van der Waals surface area contributed by atoms with Crippen molar-refractivity contribution in [2.24, 2.45) is 0 Å². The minimum atomic E-state index is -0.0338. The largest absolute Gasteiger partial charge is 0.367 e. The molecule has 2 atom stereocenters. The highest BCUT2D eigenvalue weighted by molar-refractivity contribution is 5.75. The Labute approximate surface area is 182 Å². The summed E-state index contributed by atoms with van der Waals surface area (Å²) in [6.07, 6.45) is 10.2. The Morgan fingerprint density at radius 3 is 2.52 bits per heavy atom. The molecule has 0 unspecified atom stereocenters. The van der Waals surface area contributed by atoms with Gasteiger partial charge in [-0.05, 0) is 46.5 Å². The number of morpholine rings is 1. The second-order valence-corrected chi connectivity index (χ2v) is 9.43. The molecule has 8 heteroatoms. The summed E-state index contributed by atoms with van der Waals surface area (Å²) in [5.41, 5.74) is 5.68.